The Morgan fingerprint density at radius 3 is 2.18 bits per heavy atom. The molecule has 4 bridgehead atoms. The number of nitrogens with zero attached hydrogens (tertiary/aromatic N) is 2. The molecule has 172 valence electrons. The van der Waals surface area contributed by atoms with Crippen molar-refractivity contribution in [2.24, 2.45) is 17.8 Å². The molecular formula is C29H29N3OS. The normalized spacial score (nSPS) is 27.5. The van der Waals surface area contributed by atoms with Crippen LogP contribution in [0.2, 0.25) is 0 Å². The summed E-state index contributed by atoms with van der Waals surface area (Å²) in [6.45, 7) is 0. The molecular weight excluding hydrogens is 438 g/mol. The summed E-state index contributed by atoms with van der Waals surface area (Å²) in [5, 5.41) is 1.06. The van der Waals surface area contributed by atoms with Crippen LogP contribution in [0.15, 0.2) is 76.7 Å². The van der Waals surface area contributed by atoms with Crippen molar-refractivity contribution in [2.75, 3.05) is 0 Å². The number of aromatic amines is 1. The van der Waals surface area contributed by atoms with Crippen LogP contribution in [0.25, 0.3) is 17.1 Å². The highest BCUT2D eigenvalue weighted by atomic mass is 32.2. The van der Waals surface area contributed by atoms with Gasteiger partial charge in [0.2, 0.25) is 0 Å². The van der Waals surface area contributed by atoms with Gasteiger partial charge in [0.1, 0.15) is 10.7 Å². The van der Waals surface area contributed by atoms with Gasteiger partial charge in [-0.2, -0.15) is 0 Å². The van der Waals surface area contributed by atoms with Gasteiger partial charge in [-0.3, -0.25) is 9.36 Å². The molecule has 0 amide bonds. The highest BCUT2D eigenvalue weighted by Gasteiger charge is 2.52. The number of thioether (sulfide) groups is 1. The van der Waals surface area contributed by atoms with E-state index in [-0.39, 0.29) is 10.3 Å². The molecule has 2 aromatic rings. The topological polar surface area (TPSA) is 50.7 Å². The Balaban J connectivity index is 1.34. The fourth-order valence-corrected chi connectivity index (χ4v) is 8.98. The Kier molecular flexibility index (Phi) is 4.77. The van der Waals surface area contributed by atoms with Gasteiger partial charge in [-0.1, -0.05) is 72.4 Å². The van der Waals surface area contributed by atoms with Crippen LogP contribution >= 0.6 is 11.8 Å². The smallest absolute Gasteiger partial charge is 0.278 e. The summed E-state index contributed by atoms with van der Waals surface area (Å²) in [7, 11) is 0. The minimum atomic E-state index is -0.00241. The number of benzene rings is 2. The van der Waals surface area contributed by atoms with Crippen LogP contribution in [-0.2, 0) is 6.42 Å². The average Bonchev–Trinajstić information content (AvgIpc) is 3.15. The summed E-state index contributed by atoms with van der Waals surface area (Å²) in [5.74, 6) is 3.44. The average molecular weight is 468 g/mol. The predicted molar refractivity (Wildman–Crippen MR) is 137 cm³/mol. The van der Waals surface area contributed by atoms with Gasteiger partial charge in [0.15, 0.2) is 5.82 Å². The van der Waals surface area contributed by atoms with E-state index in [1.54, 1.807) is 4.57 Å². The van der Waals surface area contributed by atoms with E-state index in [1.807, 2.05) is 54.4 Å². The molecule has 1 N–H and O–H groups in total. The Hall–Kier alpha value is -2.79. The van der Waals surface area contributed by atoms with E-state index in [0.29, 0.717) is 12.1 Å². The van der Waals surface area contributed by atoms with E-state index >= 15 is 0 Å². The van der Waals surface area contributed by atoms with Gasteiger partial charge in [0.25, 0.3) is 5.56 Å². The first kappa shape index (κ1) is 20.6. The van der Waals surface area contributed by atoms with Crippen molar-refractivity contribution in [2.45, 2.75) is 54.7 Å². The molecule has 4 saturated carbocycles. The lowest BCUT2D eigenvalue weighted by Gasteiger charge is -2.56. The first-order valence-corrected chi connectivity index (χ1v) is 13.4. The van der Waals surface area contributed by atoms with Crippen LogP contribution in [0.5, 0.6) is 0 Å². The lowest BCUT2D eigenvalue weighted by atomic mass is 9.56. The zero-order valence-corrected chi connectivity index (χ0v) is 20.1. The van der Waals surface area contributed by atoms with Gasteiger partial charge in [0.05, 0.1) is 5.69 Å². The van der Waals surface area contributed by atoms with Crippen molar-refractivity contribution >= 4 is 11.8 Å². The lowest BCUT2D eigenvalue weighted by Crippen LogP contribution is -2.48. The fourth-order valence-electron chi connectivity index (χ4n) is 7.20. The number of aromatic nitrogens is 3. The maximum atomic E-state index is 13.5. The number of hydrogen-bond donors (Lipinski definition) is 1. The first-order valence-electron chi connectivity index (χ1n) is 12.6. The van der Waals surface area contributed by atoms with E-state index in [9.17, 15) is 4.79 Å². The van der Waals surface area contributed by atoms with E-state index in [4.69, 9.17) is 4.98 Å². The van der Waals surface area contributed by atoms with Crippen LogP contribution in [0.3, 0.4) is 0 Å². The van der Waals surface area contributed by atoms with Gasteiger partial charge in [-0.15, -0.1) is 0 Å². The van der Waals surface area contributed by atoms with Crippen molar-refractivity contribution in [1.82, 2.24) is 14.5 Å². The fraction of sp³-hybridized carbons (Fsp3) is 0.379. The van der Waals surface area contributed by atoms with Crippen LogP contribution in [-0.4, -0.2) is 19.3 Å². The van der Waals surface area contributed by atoms with Crippen LogP contribution in [0.1, 0.15) is 49.8 Å². The molecule has 2 heterocycles. The molecule has 4 aliphatic carbocycles. The number of fused-ring (bicyclic) bond motifs is 1. The van der Waals surface area contributed by atoms with Crippen molar-refractivity contribution in [3.63, 3.8) is 0 Å². The van der Waals surface area contributed by atoms with Crippen LogP contribution in [0, 0.1) is 17.8 Å². The highest BCUT2D eigenvalue weighted by molar-refractivity contribution is 8.00. The second-order valence-corrected chi connectivity index (χ2v) is 12.3. The molecule has 4 nitrogen and oxygen atoms in total. The molecule has 2 aromatic carbocycles. The number of nitrogens with one attached hydrogen (secondary N) is 1. The zero-order valence-electron chi connectivity index (χ0n) is 19.2. The summed E-state index contributed by atoms with van der Waals surface area (Å²) in [6, 6.07) is 20.5. The number of rotatable bonds is 5. The van der Waals surface area contributed by atoms with E-state index in [0.717, 1.165) is 45.4 Å². The Labute approximate surface area is 204 Å². The molecule has 0 saturated heterocycles. The van der Waals surface area contributed by atoms with Crippen LogP contribution in [0.4, 0.5) is 0 Å². The molecule has 6 aliphatic rings. The molecule has 34 heavy (non-hydrogen) atoms. The minimum Gasteiger partial charge on any atom is -0.345 e. The van der Waals surface area contributed by atoms with E-state index in [2.05, 4.69) is 29.2 Å². The van der Waals surface area contributed by atoms with Gasteiger partial charge in [0, 0.05) is 17.4 Å². The number of hydrogen-bond acceptors (Lipinski definition) is 3. The highest BCUT2D eigenvalue weighted by Crippen LogP contribution is 2.62. The van der Waals surface area contributed by atoms with Crippen molar-refractivity contribution < 1.29 is 0 Å². The molecule has 8 rings (SSSR count). The summed E-state index contributed by atoms with van der Waals surface area (Å²) < 4.78 is 2.08. The first-order chi connectivity index (χ1) is 16.6. The largest absolute Gasteiger partial charge is 0.345 e. The molecule has 4 fully saturated rings. The van der Waals surface area contributed by atoms with Crippen LogP contribution < -0.4 is 5.56 Å². The Morgan fingerprint density at radius 1 is 0.912 bits per heavy atom. The van der Waals surface area contributed by atoms with Gasteiger partial charge >= 0.3 is 0 Å². The van der Waals surface area contributed by atoms with Gasteiger partial charge in [-0.05, 0) is 67.4 Å². The lowest BCUT2D eigenvalue weighted by molar-refractivity contribution is 0.0383. The summed E-state index contributed by atoms with van der Waals surface area (Å²) in [6.07, 6.45) is 10.7. The summed E-state index contributed by atoms with van der Waals surface area (Å²) >= 11 is 1.99. The zero-order chi connectivity index (χ0) is 22.7. The summed E-state index contributed by atoms with van der Waals surface area (Å²) in [5.41, 5.74) is 3.80. The maximum absolute atomic E-state index is 13.5. The second-order valence-electron chi connectivity index (χ2n) is 10.8. The SMILES string of the molecule is O=c1c(Cc2ccccc2)nc2c(SC34CC5CC(CC(C5)C3)C4)[nH]c(-c3ccccc3)cn1-2. The van der Waals surface area contributed by atoms with Gasteiger partial charge < -0.3 is 4.98 Å². The predicted octanol–water partition coefficient (Wildman–Crippen LogP) is 6.32. The van der Waals surface area contributed by atoms with Crippen molar-refractivity contribution in [3.05, 3.63) is 88.5 Å². The number of imidazole rings is 1. The molecule has 0 unspecified atom stereocenters. The molecule has 5 heteroatoms. The molecule has 0 aromatic heterocycles. The third-order valence-corrected chi connectivity index (χ3v) is 9.67. The van der Waals surface area contributed by atoms with Crippen molar-refractivity contribution in [1.29, 1.82) is 0 Å². The Bertz CT molecular complexity index is 1320. The standard InChI is InChI=1S/C29H29N3OS/c33-28-24(14-19-7-3-1-4-8-19)30-26-27(31-25(18-32(26)28)23-9-5-2-6-10-23)34-29-15-20-11-21(16-29)13-22(12-20)17-29/h1-10,18,20-22,31H,11-17H2. The Morgan fingerprint density at radius 2 is 1.53 bits per heavy atom. The molecule has 0 atom stereocenters. The van der Waals surface area contributed by atoms with E-state index < -0.39 is 0 Å². The third-order valence-electron chi connectivity index (χ3n) is 8.24. The molecule has 0 radical (unpaired) electrons. The molecule has 2 aliphatic heterocycles. The van der Waals surface area contributed by atoms with Crippen molar-refractivity contribution in [3.8, 4) is 17.1 Å². The maximum Gasteiger partial charge on any atom is 0.278 e. The number of H-pyrrole nitrogens is 1. The second kappa shape index (κ2) is 7.88. The minimum absolute atomic E-state index is 0.00241. The van der Waals surface area contributed by atoms with Gasteiger partial charge in [-0.25, -0.2) is 4.98 Å². The quantitative estimate of drug-likeness (QED) is 0.374. The summed E-state index contributed by atoms with van der Waals surface area (Å²) in [4.78, 5) is 22.2. The van der Waals surface area contributed by atoms with E-state index in [1.165, 1.54) is 38.5 Å². The monoisotopic (exact) mass is 467 g/mol. The molecule has 0 spiro atoms. The third kappa shape index (κ3) is 3.52.